The first-order valence-corrected chi connectivity index (χ1v) is 8.41. The van der Waals surface area contributed by atoms with Crippen LogP contribution < -0.4 is 0 Å². The molecule has 1 aliphatic carbocycles. The summed E-state index contributed by atoms with van der Waals surface area (Å²) in [6.07, 6.45) is -0.795. The molecule has 4 rings (SSSR count). The van der Waals surface area contributed by atoms with E-state index >= 15 is 0 Å². The van der Waals surface area contributed by atoms with Gasteiger partial charge < -0.3 is 4.57 Å². The summed E-state index contributed by atoms with van der Waals surface area (Å²) in [5.41, 5.74) is 1.68. The molecule has 0 saturated heterocycles. The van der Waals surface area contributed by atoms with Crippen molar-refractivity contribution in [2.24, 2.45) is 7.05 Å². The molecule has 1 saturated carbocycles. The van der Waals surface area contributed by atoms with Gasteiger partial charge in [0.1, 0.15) is 5.69 Å². The predicted molar refractivity (Wildman–Crippen MR) is 93.6 cm³/mol. The molecule has 136 valence electrons. The molecule has 1 aromatic carbocycles. The van der Waals surface area contributed by atoms with Crippen LogP contribution in [0, 0.1) is 11.3 Å². The summed E-state index contributed by atoms with van der Waals surface area (Å²) in [5.74, 6) is 0. The Labute approximate surface area is 153 Å². The molecule has 0 bridgehead atoms. The van der Waals surface area contributed by atoms with Crippen LogP contribution in [-0.2, 0) is 12.5 Å². The second kappa shape index (κ2) is 5.95. The van der Waals surface area contributed by atoms with Gasteiger partial charge in [-0.05, 0) is 30.5 Å². The Morgan fingerprint density at radius 3 is 2.41 bits per heavy atom. The minimum Gasteiger partial charge on any atom is -0.333 e. The molecule has 27 heavy (non-hydrogen) atoms. The van der Waals surface area contributed by atoms with Gasteiger partial charge >= 0.3 is 6.18 Å². The zero-order chi connectivity index (χ0) is 19.2. The monoisotopic (exact) mass is 368 g/mol. The van der Waals surface area contributed by atoms with E-state index in [1.807, 2.05) is 7.05 Å². The van der Waals surface area contributed by atoms with Crippen LogP contribution in [0.25, 0.3) is 22.6 Å². The fraction of sp³-hybridized carbons (Fsp3) is 0.250. The van der Waals surface area contributed by atoms with Crippen molar-refractivity contribution >= 4 is 0 Å². The molecule has 2 aromatic heterocycles. The molecule has 0 amide bonds. The number of aryl methyl sites for hydroxylation is 1. The van der Waals surface area contributed by atoms with Crippen LogP contribution in [0.15, 0.2) is 48.9 Å². The lowest BCUT2D eigenvalue weighted by Gasteiger charge is -2.20. The molecular formula is C20H15F3N4. The van der Waals surface area contributed by atoms with E-state index in [1.165, 1.54) is 6.20 Å². The first-order chi connectivity index (χ1) is 12.9. The number of nitriles is 1. The molecule has 0 atom stereocenters. The van der Waals surface area contributed by atoms with Crippen molar-refractivity contribution in [2.75, 3.05) is 0 Å². The van der Waals surface area contributed by atoms with E-state index in [-0.39, 0.29) is 12.8 Å². The van der Waals surface area contributed by atoms with E-state index in [0.29, 0.717) is 22.5 Å². The van der Waals surface area contributed by atoms with Crippen LogP contribution in [0.4, 0.5) is 13.2 Å². The lowest BCUT2D eigenvalue weighted by Crippen LogP contribution is -2.28. The van der Waals surface area contributed by atoms with Crippen LogP contribution >= 0.6 is 0 Å². The van der Waals surface area contributed by atoms with E-state index in [1.54, 1.807) is 47.3 Å². The standard InChI is InChI=1S/C20H15F3N4/c1-27-12-26-17(16-10-13(11-24)6-9-25-16)18(27)14-2-4-15(5-3-14)19(7-8-19)20(21,22)23/h2-6,9-10,12H,7-8H2,1H3. The summed E-state index contributed by atoms with van der Waals surface area (Å²) < 4.78 is 41.8. The van der Waals surface area contributed by atoms with Crippen molar-refractivity contribution in [3.8, 4) is 28.7 Å². The Bertz CT molecular complexity index is 1040. The van der Waals surface area contributed by atoms with Gasteiger partial charge in [0, 0.05) is 18.8 Å². The van der Waals surface area contributed by atoms with Crippen LogP contribution in [-0.4, -0.2) is 20.7 Å². The molecule has 3 aromatic rings. The van der Waals surface area contributed by atoms with Gasteiger partial charge in [0.15, 0.2) is 0 Å². The number of hydrogen-bond donors (Lipinski definition) is 0. The van der Waals surface area contributed by atoms with Crippen LogP contribution in [0.3, 0.4) is 0 Å². The highest BCUT2D eigenvalue weighted by Crippen LogP contribution is 2.59. The Morgan fingerprint density at radius 1 is 1.11 bits per heavy atom. The zero-order valence-electron chi connectivity index (χ0n) is 14.5. The van der Waals surface area contributed by atoms with Crippen molar-refractivity contribution in [3.05, 3.63) is 60.0 Å². The molecule has 0 aliphatic heterocycles. The van der Waals surface area contributed by atoms with E-state index in [4.69, 9.17) is 5.26 Å². The minimum atomic E-state index is -4.23. The third-order valence-electron chi connectivity index (χ3n) is 5.07. The zero-order valence-corrected chi connectivity index (χ0v) is 14.5. The SMILES string of the molecule is Cn1cnc(-c2cc(C#N)ccn2)c1-c1ccc(C2(C(F)(F)F)CC2)cc1. The average Bonchev–Trinajstić information content (AvgIpc) is 3.40. The maximum Gasteiger partial charge on any atom is 0.398 e. The molecule has 2 heterocycles. The number of rotatable bonds is 3. The van der Waals surface area contributed by atoms with Gasteiger partial charge in [0.05, 0.1) is 34.8 Å². The molecule has 0 N–H and O–H groups in total. The second-order valence-corrected chi connectivity index (χ2v) is 6.75. The fourth-order valence-electron chi connectivity index (χ4n) is 3.40. The first kappa shape index (κ1) is 17.3. The molecule has 0 radical (unpaired) electrons. The summed E-state index contributed by atoms with van der Waals surface area (Å²) in [6, 6.07) is 11.8. The maximum absolute atomic E-state index is 13.3. The number of aromatic nitrogens is 3. The van der Waals surface area contributed by atoms with E-state index in [0.717, 1.165) is 11.3 Å². The highest BCUT2D eigenvalue weighted by molar-refractivity contribution is 5.77. The first-order valence-electron chi connectivity index (χ1n) is 8.41. The third kappa shape index (κ3) is 2.78. The Kier molecular flexibility index (Phi) is 3.81. The Hall–Kier alpha value is -3.14. The largest absolute Gasteiger partial charge is 0.398 e. The van der Waals surface area contributed by atoms with Gasteiger partial charge in [-0.1, -0.05) is 24.3 Å². The van der Waals surface area contributed by atoms with Crippen LogP contribution in [0.1, 0.15) is 24.0 Å². The molecule has 4 nitrogen and oxygen atoms in total. The number of alkyl halides is 3. The second-order valence-electron chi connectivity index (χ2n) is 6.75. The number of halogens is 3. The molecule has 7 heteroatoms. The fourth-order valence-corrected chi connectivity index (χ4v) is 3.40. The topological polar surface area (TPSA) is 54.5 Å². The normalized spacial score (nSPS) is 15.4. The highest BCUT2D eigenvalue weighted by Gasteiger charge is 2.64. The van der Waals surface area contributed by atoms with Crippen LogP contribution in [0.2, 0.25) is 0 Å². The number of hydrogen-bond acceptors (Lipinski definition) is 3. The van der Waals surface area contributed by atoms with Gasteiger partial charge in [0.25, 0.3) is 0 Å². The number of imidazole rings is 1. The van der Waals surface area contributed by atoms with Crippen molar-refractivity contribution in [2.45, 2.75) is 24.4 Å². The number of pyridine rings is 1. The third-order valence-corrected chi connectivity index (χ3v) is 5.07. The van der Waals surface area contributed by atoms with Gasteiger partial charge in [-0.3, -0.25) is 4.98 Å². The van der Waals surface area contributed by atoms with Crippen molar-refractivity contribution < 1.29 is 13.2 Å². The van der Waals surface area contributed by atoms with Gasteiger partial charge in [-0.25, -0.2) is 4.98 Å². The summed E-state index contributed by atoms with van der Waals surface area (Å²) >= 11 is 0. The lowest BCUT2D eigenvalue weighted by molar-refractivity contribution is -0.160. The average molecular weight is 368 g/mol. The quantitative estimate of drug-likeness (QED) is 0.678. The van der Waals surface area contributed by atoms with Gasteiger partial charge in [-0.2, -0.15) is 18.4 Å². The van der Waals surface area contributed by atoms with Crippen molar-refractivity contribution in [1.29, 1.82) is 5.26 Å². The molecular weight excluding hydrogens is 353 g/mol. The summed E-state index contributed by atoms with van der Waals surface area (Å²) in [5, 5.41) is 9.08. The maximum atomic E-state index is 13.3. The lowest BCUT2D eigenvalue weighted by atomic mass is 9.93. The van der Waals surface area contributed by atoms with E-state index in [9.17, 15) is 13.2 Å². The molecule has 1 aliphatic rings. The Morgan fingerprint density at radius 2 is 1.81 bits per heavy atom. The number of nitrogens with zero attached hydrogens (tertiary/aromatic N) is 4. The van der Waals surface area contributed by atoms with Crippen LogP contribution in [0.5, 0.6) is 0 Å². The number of benzene rings is 1. The predicted octanol–water partition coefficient (Wildman–Crippen LogP) is 4.61. The molecule has 0 spiro atoms. The minimum absolute atomic E-state index is 0.137. The summed E-state index contributed by atoms with van der Waals surface area (Å²) in [7, 11) is 1.81. The van der Waals surface area contributed by atoms with Crippen molar-refractivity contribution in [3.63, 3.8) is 0 Å². The van der Waals surface area contributed by atoms with Gasteiger partial charge in [0.2, 0.25) is 0 Å². The summed E-state index contributed by atoms with van der Waals surface area (Å²) in [6.45, 7) is 0. The highest BCUT2D eigenvalue weighted by atomic mass is 19.4. The van der Waals surface area contributed by atoms with E-state index in [2.05, 4.69) is 16.0 Å². The molecule has 1 fully saturated rings. The summed E-state index contributed by atoms with van der Waals surface area (Å²) in [4.78, 5) is 8.65. The molecule has 0 unspecified atom stereocenters. The Balaban J connectivity index is 1.75. The van der Waals surface area contributed by atoms with Gasteiger partial charge in [-0.15, -0.1) is 0 Å². The van der Waals surface area contributed by atoms with Crippen molar-refractivity contribution in [1.82, 2.24) is 14.5 Å². The smallest absolute Gasteiger partial charge is 0.333 e. The van der Waals surface area contributed by atoms with E-state index < -0.39 is 11.6 Å².